The Hall–Kier alpha value is -0.0800. The number of ether oxygens (including phenoxy) is 1. The highest BCUT2D eigenvalue weighted by Crippen LogP contribution is 2.30. The van der Waals surface area contributed by atoms with Crippen molar-refractivity contribution in [2.24, 2.45) is 11.8 Å². The third-order valence-electron chi connectivity index (χ3n) is 2.71. The highest BCUT2D eigenvalue weighted by molar-refractivity contribution is 4.75. The van der Waals surface area contributed by atoms with Crippen molar-refractivity contribution < 1.29 is 9.84 Å². The van der Waals surface area contributed by atoms with Crippen molar-refractivity contribution in [3.05, 3.63) is 0 Å². The van der Waals surface area contributed by atoms with Crippen molar-refractivity contribution in [1.29, 1.82) is 0 Å². The number of hydrogen-bond acceptors (Lipinski definition) is 2. The third-order valence-corrected chi connectivity index (χ3v) is 2.71. The first-order valence-corrected chi connectivity index (χ1v) is 5.37. The van der Waals surface area contributed by atoms with Gasteiger partial charge in [0.1, 0.15) is 0 Å². The molecule has 2 heteroatoms. The van der Waals surface area contributed by atoms with Gasteiger partial charge in [0.05, 0.1) is 18.8 Å². The average Bonchev–Trinajstić information content (AvgIpc) is 1.99. The van der Waals surface area contributed by atoms with Crippen LogP contribution < -0.4 is 0 Å². The van der Waals surface area contributed by atoms with Crippen LogP contribution in [0.15, 0.2) is 0 Å². The summed E-state index contributed by atoms with van der Waals surface area (Å²) in [6, 6.07) is 0. The second kappa shape index (κ2) is 4.97. The van der Waals surface area contributed by atoms with Crippen LogP contribution in [0.2, 0.25) is 0 Å². The molecule has 13 heavy (non-hydrogen) atoms. The lowest BCUT2D eigenvalue weighted by atomic mass is 9.82. The van der Waals surface area contributed by atoms with E-state index in [1.807, 2.05) is 0 Å². The lowest BCUT2D eigenvalue weighted by Gasteiger charge is -2.31. The van der Waals surface area contributed by atoms with Crippen molar-refractivity contribution in [3.8, 4) is 0 Å². The first-order valence-electron chi connectivity index (χ1n) is 5.37. The van der Waals surface area contributed by atoms with Crippen molar-refractivity contribution in [2.75, 3.05) is 6.61 Å². The molecule has 0 aromatic rings. The maximum absolute atomic E-state index is 9.09. The van der Waals surface area contributed by atoms with Gasteiger partial charge in [0, 0.05) is 0 Å². The summed E-state index contributed by atoms with van der Waals surface area (Å²) < 4.78 is 5.64. The molecule has 78 valence electrons. The van der Waals surface area contributed by atoms with Crippen LogP contribution in [0.4, 0.5) is 0 Å². The zero-order valence-electron chi connectivity index (χ0n) is 8.99. The van der Waals surface area contributed by atoms with E-state index in [0.717, 1.165) is 24.7 Å². The largest absolute Gasteiger partial charge is 0.391 e. The van der Waals surface area contributed by atoms with Crippen LogP contribution in [-0.2, 0) is 4.74 Å². The van der Waals surface area contributed by atoms with E-state index >= 15 is 0 Å². The molecule has 1 fully saturated rings. The van der Waals surface area contributed by atoms with E-state index in [-0.39, 0.29) is 6.10 Å². The summed E-state index contributed by atoms with van der Waals surface area (Å²) in [7, 11) is 0. The third kappa shape index (κ3) is 4.10. The SMILES string of the molecule is CC1CC(C)CC(OC[C@@H](C)O)C1. The maximum atomic E-state index is 9.09. The van der Waals surface area contributed by atoms with Crippen molar-refractivity contribution >= 4 is 0 Å². The molecule has 2 unspecified atom stereocenters. The number of aliphatic hydroxyl groups is 1. The lowest BCUT2D eigenvalue weighted by Crippen LogP contribution is -2.28. The summed E-state index contributed by atoms with van der Waals surface area (Å²) in [6.45, 7) is 6.84. The molecule has 0 aliphatic heterocycles. The molecule has 1 aliphatic rings. The Labute approximate surface area is 81.3 Å². The van der Waals surface area contributed by atoms with Crippen LogP contribution in [0.5, 0.6) is 0 Å². The Bertz CT molecular complexity index is 135. The molecule has 0 radical (unpaired) electrons. The molecule has 1 rings (SSSR count). The van der Waals surface area contributed by atoms with E-state index in [1.165, 1.54) is 6.42 Å². The fourth-order valence-corrected chi connectivity index (χ4v) is 2.28. The van der Waals surface area contributed by atoms with E-state index in [1.54, 1.807) is 6.92 Å². The first-order chi connectivity index (χ1) is 6.08. The fraction of sp³-hybridized carbons (Fsp3) is 1.00. The topological polar surface area (TPSA) is 29.5 Å². The lowest BCUT2D eigenvalue weighted by molar-refractivity contribution is -0.0356. The molecule has 0 aromatic heterocycles. The van der Waals surface area contributed by atoms with Gasteiger partial charge in [-0.05, 0) is 38.0 Å². The van der Waals surface area contributed by atoms with Gasteiger partial charge in [-0.25, -0.2) is 0 Å². The van der Waals surface area contributed by atoms with Gasteiger partial charge in [-0.2, -0.15) is 0 Å². The van der Waals surface area contributed by atoms with Crippen LogP contribution in [0.25, 0.3) is 0 Å². The van der Waals surface area contributed by atoms with Crippen molar-refractivity contribution in [1.82, 2.24) is 0 Å². The van der Waals surface area contributed by atoms with Crippen LogP contribution in [0.3, 0.4) is 0 Å². The standard InChI is InChI=1S/C11H22O2/c1-8-4-9(2)6-11(5-8)13-7-10(3)12/h8-12H,4-7H2,1-3H3/t8?,9?,10-,11?/m1/s1. The Balaban J connectivity index is 2.25. The summed E-state index contributed by atoms with van der Waals surface area (Å²) in [4.78, 5) is 0. The number of aliphatic hydroxyl groups excluding tert-OH is 1. The van der Waals surface area contributed by atoms with Crippen molar-refractivity contribution in [2.45, 2.75) is 52.2 Å². The highest BCUT2D eigenvalue weighted by Gasteiger charge is 2.24. The van der Waals surface area contributed by atoms with Gasteiger partial charge < -0.3 is 9.84 Å². The molecule has 0 spiro atoms. The Morgan fingerprint density at radius 3 is 2.23 bits per heavy atom. The van der Waals surface area contributed by atoms with E-state index < -0.39 is 0 Å². The molecular weight excluding hydrogens is 164 g/mol. The minimum absolute atomic E-state index is 0.326. The van der Waals surface area contributed by atoms with Gasteiger partial charge >= 0.3 is 0 Å². The van der Waals surface area contributed by atoms with Crippen LogP contribution in [0.1, 0.15) is 40.0 Å². The maximum Gasteiger partial charge on any atom is 0.0745 e. The summed E-state index contributed by atoms with van der Waals surface area (Å²) in [5.74, 6) is 1.56. The van der Waals surface area contributed by atoms with Gasteiger partial charge in [-0.1, -0.05) is 13.8 Å². The van der Waals surface area contributed by atoms with E-state index in [0.29, 0.717) is 12.7 Å². The second-order valence-corrected chi connectivity index (χ2v) is 4.72. The molecular formula is C11H22O2. The van der Waals surface area contributed by atoms with E-state index in [9.17, 15) is 0 Å². The van der Waals surface area contributed by atoms with Gasteiger partial charge in [0.25, 0.3) is 0 Å². The normalized spacial score (nSPS) is 37.4. The van der Waals surface area contributed by atoms with Crippen molar-refractivity contribution in [3.63, 3.8) is 0 Å². The molecule has 0 amide bonds. The number of rotatable bonds is 3. The quantitative estimate of drug-likeness (QED) is 0.732. The van der Waals surface area contributed by atoms with Gasteiger partial charge in [-0.3, -0.25) is 0 Å². The zero-order chi connectivity index (χ0) is 9.84. The summed E-state index contributed by atoms with van der Waals surface area (Å²) in [5.41, 5.74) is 0. The molecule has 0 aromatic carbocycles. The van der Waals surface area contributed by atoms with E-state index in [4.69, 9.17) is 9.84 Å². The Kier molecular flexibility index (Phi) is 4.20. The smallest absolute Gasteiger partial charge is 0.0745 e. The molecule has 2 nitrogen and oxygen atoms in total. The number of hydrogen-bond donors (Lipinski definition) is 1. The molecule has 1 N–H and O–H groups in total. The Morgan fingerprint density at radius 1 is 1.23 bits per heavy atom. The Morgan fingerprint density at radius 2 is 1.77 bits per heavy atom. The zero-order valence-corrected chi connectivity index (χ0v) is 8.99. The summed E-state index contributed by atoms with van der Waals surface area (Å²) in [6.07, 6.45) is 3.71. The average molecular weight is 186 g/mol. The first kappa shape index (κ1) is 11.0. The second-order valence-electron chi connectivity index (χ2n) is 4.72. The van der Waals surface area contributed by atoms with Crippen LogP contribution in [-0.4, -0.2) is 23.9 Å². The fourth-order valence-electron chi connectivity index (χ4n) is 2.28. The summed E-state index contributed by atoms with van der Waals surface area (Å²) >= 11 is 0. The molecule has 0 heterocycles. The van der Waals surface area contributed by atoms with E-state index in [2.05, 4.69) is 13.8 Å². The predicted octanol–water partition coefficient (Wildman–Crippen LogP) is 2.21. The predicted molar refractivity (Wildman–Crippen MR) is 53.6 cm³/mol. The molecule has 1 saturated carbocycles. The highest BCUT2D eigenvalue weighted by atomic mass is 16.5. The summed E-state index contributed by atoms with van der Waals surface area (Å²) in [5, 5.41) is 9.09. The minimum Gasteiger partial charge on any atom is -0.391 e. The monoisotopic (exact) mass is 186 g/mol. The van der Waals surface area contributed by atoms with Gasteiger partial charge in [0.15, 0.2) is 0 Å². The van der Waals surface area contributed by atoms with Gasteiger partial charge in [-0.15, -0.1) is 0 Å². The van der Waals surface area contributed by atoms with Crippen LogP contribution >= 0.6 is 0 Å². The minimum atomic E-state index is -0.326. The molecule has 0 bridgehead atoms. The van der Waals surface area contributed by atoms with Gasteiger partial charge in [0.2, 0.25) is 0 Å². The molecule has 3 atom stereocenters. The molecule has 0 saturated heterocycles. The molecule has 1 aliphatic carbocycles. The van der Waals surface area contributed by atoms with Crippen LogP contribution in [0, 0.1) is 11.8 Å².